The van der Waals surface area contributed by atoms with E-state index in [1.807, 2.05) is 30.3 Å². The van der Waals surface area contributed by atoms with Gasteiger partial charge in [0.15, 0.2) is 0 Å². The Kier molecular flexibility index (Phi) is 9.24. The summed E-state index contributed by atoms with van der Waals surface area (Å²) in [5.41, 5.74) is 3.17. The van der Waals surface area contributed by atoms with Gasteiger partial charge in [-0.3, -0.25) is 9.69 Å². The predicted molar refractivity (Wildman–Crippen MR) is 155 cm³/mol. The van der Waals surface area contributed by atoms with Crippen LogP contribution >= 0.6 is 0 Å². The highest BCUT2D eigenvalue weighted by Crippen LogP contribution is 2.23. The summed E-state index contributed by atoms with van der Waals surface area (Å²) in [7, 11) is 2.21. The molecule has 9 heteroatoms. The molecular weight excluding hydrogens is 490 g/mol. The first kappa shape index (κ1) is 26.9. The molecule has 0 aliphatic carbocycles. The fraction of sp³-hybridized carbons (Fsp3) is 0.433. The molecule has 206 valence electrons. The summed E-state index contributed by atoms with van der Waals surface area (Å²) in [6, 6.07) is 18.8. The van der Waals surface area contributed by atoms with Gasteiger partial charge in [-0.25, -0.2) is 9.97 Å². The smallest absolute Gasteiger partial charge is 0.221 e. The second-order valence-electron chi connectivity index (χ2n) is 10.4. The Morgan fingerprint density at radius 1 is 0.897 bits per heavy atom. The van der Waals surface area contributed by atoms with Crippen molar-refractivity contribution < 1.29 is 9.53 Å². The van der Waals surface area contributed by atoms with Crippen LogP contribution in [-0.2, 0) is 11.3 Å². The molecule has 39 heavy (non-hydrogen) atoms. The second kappa shape index (κ2) is 13.4. The van der Waals surface area contributed by atoms with Gasteiger partial charge in [-0.1, -0.05) is 12.1 Å². The van der Waals surface area contributed by atoms with Gasteiger partial charge < -0.3 is 25.6 Å². The highest BCUT2D eigenvalue weighted by molar-refractivity contribution is 5.76. The number of nitrogens with one attached hydrogen (secondary N) is 3. The first-order valence-electron chi connectivity index (χ1n) is 14.0. The molecule has 0 atom stereocenters. The lowest BCUT2D eigenvalue weighted by Crippen LogP contribution is -2.44. The number of amides is 1. The zero-order chi connectivity index (χ0) is 26.9. The summed E-state index contributed by atoms with van der Waals surface area (Å²) in [6.07, 6.45) is 6.15. The van der Waals surface area contributed by atoms with E-state index >= 15 is 0 Å². The minimum atomic E-state index is 0.138. The van der Waals surface area contributed by atoms with Crippen molar-refractivity contribution in [2.75, 3.05) is 50.5 Å². The summed E-state index contributed by atoms with van der Waals surface area (Å²) >= 11 is 0. The number of carbonyl (C=O) groups excluding carboxylic acids is 1. The minimum absolute atomic E-state index is 0.138. The molecule has 1 amide bonds. The molecule has 1 saturated heterocycles. The van der Waals surface area contributed by atoms with E-state index in [2.05, 4.69) is 67.0 Å². The molecule has 8 bridgehead atoms. The number of rotatable bonds is 0. The lowest BCUT2D eigenvalue weighted by Gasteiger charge is -2.36. The number of ether oxygens (including phenoxy) is 1. The van der Waals surface area contributed by atoms with E-state index in [0.717, 1.165) is 74.8 Å². The molecule has 5 aliphatic rings. The molecule has 6 heterocycles. The average Bonchev–Trinajstić information content (AvgIpc) is 2.95. The normalized spacial score (nSPS) is 21.6. The van der Waals surface area contributed by atoms with Crippen LogP contribution in [-0.4, -0.2) is 71.6 Å². The number of piperidine rings is 1. The van der Waals surface area contributed by atoms with Gasteiger partial charge in [-0.2, -0.15) is 0 Å². The number of hydrogen-bond donors (Lipinski definition) is 3. The fourth-order valence-electron chi connectivity index (χ4n) is 5.17. The number of carbonyl (C=O) groups is 1. The van der Waals surface area contributed by atoms with Crippen LogP contribution in [0.5, 0.6) is 5.75 Å². The van der Waals surface area contributed by atoms with Crippen molar-refractivity contribution in [2.24, 2.45) is 0 Å². The first-order valence-corrected chi connectivity index (χ1v) is 14.0. The van der Waals surface area contributed by atoms with Crippen LogP contribution < -0.4 is 20.7 Å². The molecule has 5 aliphatic heterocycles. The average molecular weight is 530 g/mol. The SMILES string of the molecule is CN1Cc2cccc(c2)Nc2cc(ncn2)Nc2ccc(cc2)OCCCCNC(=O)CCN2CCC1CC2. The molecule has 0 unspecified atom stereocenters. The molecule has 2 aromatic carbocycles. The van der Waals surface area contributed by atoms with Crippen molar-refractivity contribution in [3.8, 4) is 5.75 Å². The van der Waals surface area contributed by atoms with Crippen molar-refractivity contribution in [3.63, 3.8) is 0 Å². The molecule has 3 N–H and O–H groups in total. The Bertz CT molecular complexity index is 1210. The summed E-state index contributed by atoms with van der Waals surface area (Å²) < 4.78 is 5.88. The third-order valence-electron chi connectivity index (χ3n) is 7.42. The van der Waals surface area contributed by atoms with Crippen LogP contribution in [0.1, 0.15) is 37.7 Å². The predicted octanol–water partition coefficient (Wildman–Crippen LogP) is 4.54. The quantitative estimate of drug-likeness (QED) is 0.391. The third-order valence-corrected chi connectivity index (χ3v) is 7.42. The molecule has 3 aromatic rings. The van der Waals surface area contributed by atoms with Gasteiger partial charge in [0.1, 0.15) is 23.7 Å². The summed E-state index contributed by atoms with van der Waals surface area (Å²) in [5, 5.41) is 9.83. The van der Waals surface area contributed by atoms with E-state index in [-0.39, 0.29) is 5.91 Å². The standard InChI is InChI=1S/C30H39N7O2/c1-36-21-23-5-4-6-25(19-23)35-29-20-28(32-22-33-29)34-24-7-9-27(10-8-24)39-18-3-2-14-31-30(38)13-17-37-15-11-26(36)12-16-37/h4-10,19-20,22,26H,2-3,11-18,21H2,1H3,(H,31,38)(H2,32,33,34,35). The fourth-order valence-corrected chi connectivity index (χ4v) is 5.17. The van der Waals surface area contributed by atoms with Crippen molar-refractivity contribution >= 4 is 28.9 Å². The molecule has 0 radical (unpaired) electrons. The van der Waals surface area contributed by atoms with Gasteiger partial charge in [0.25, 0.3) is 0 Å². The van der Waals surface area contributed by atoms with Gasteiger partial charge in [-0.15, -0.1) is 0 Å². The van der Waals surface area contributed by atoms with E-state index in [1.54, 1.807) is 6.33 Å². The molecule has 0 spiro atoms. The van der Waals surface area contributed by atoms with Gasteiger partial charge in [-0.05, 0) is 87.8 Å². The summed E-state index contributed by atoms with van der Waals surface area (Å²) in [6.45, 7) is 5.09. The zero-order valence-electron chi connectivity index (χ0n) is 22.7. The maximum atomic E-state index is 12.3. The van der Waals surface area contributed by atoms with E-state index in [9.17, 15) is 4.79 Å². The number of nitrogens with zero attached hydrogens (tertiary/aromatic N) is 4. The second-order valence-corrected chi connectivity index (χ2v) is 10.4. The lowest BCUT2D eigenvalue weighted by molar-refractivity contribution is -0.121. The van der Waals surface area contributed by atoms with Crippen molar-refractivity contribution in [2.45, 2.75) is 44.7 Å². The maximum absolute atomic E-state index is 12.3. The lowest BCUT2D eigenvalue weighted by atomic mass is 10.0. The molecule has 9 nitrogen and oxygen atoms in total. The summed E-state index contributed by atoms with van der Waals surface area (Å²) in [4.78, 5) is 26.0. The van der Waals surface area contributed by atoms with Crippen molar-refractivity contribution in [1.82, 2.24) is 25.1 Å². The molecule has 8 rings (SSSR count). The Morgan fingerprint density at radius 2 is 1.67 bits per heavy atom. The largest absolute Gasteiger partial charge is 0.494 e. The minimum Gasteiger partial charge on any atom is -0.494 e. The Balaban J connectivity index is 1.27. The summed E-state index contributed by atoms with van der Waals surface area (Å²) in [5.74, 6) is 2.40. The van der Waals surface area contributed by atoms with E-state index < -0.39 is 0 Å². The highest BCUT2D eigenvalue weighted by Gasteiger charge is 2.23. The van der Waals surface area contributed by atoms with Crippen LogP contribution in [0.25, 0.3) is 0 Å². The zero-order valence-corrected chi connectivity index (χ0v) is 22.7. The van der Waals surface area contributed by atoms with Gasteiger partial charge in [0.05, 0.1) is 6.61 Å². The highest BCUT2D eigenvalue weighted by atomic mass is 16.5. The van der Waals surface area contributed by atoms with Crippen LogP contribution in [0, 0.1) is 0 Å². The Labute approximate surface area is 231 Å². The maximum Gasteiger partial charge on any atom is 0.221 e. The number of benzene rings is 2. The van der Waals surface area contributed by atoms with Gasteiger partial charge in [0.2, 0.25) is 5.91 Å². The molecule has 1 fully saturated rings. The monoisotopic (exact) mass is 529 g/mol. The van der Waals surface area contributed by atoms with Gasteiger partial charge >= 0.3 is 0 Å². The van der Waals surface area contributed by atoms with Crippen molar-refractivity contribution in [3.05, 3.63) is 66.5 Å². The topological polar surface area (TPSA) is 94.6 Å². The van der Waals surface area contributed by atoms with E-state index in [1.165, 1.54) is 5.56 Å². The van der Waals surface area contributed by atoms with Gasteiger partial charge in [0, 0.05) is 49.5 Å². The number of anilines is 4. The van der Waals surface area contributed by atoms with E-state index in [4.69, 9.17) is 4.74 Å². The first-order chi connectivity index (χ1) is 19.1. The number of hydrogen-bond acceptors (Lipinski definition) is 8. The van der Waals surface area contributed by atoms with E-state index in [0.29, 0.717) is 31.4 Å². The van der Waals surface area contributed by atoms with Crippen LogP contribution in [0.2, 0.25) is 0 Å². The third kappa shape index (κ3) is 8.15. The molecule has 0 saturated carbocycles. The molecule has 1 aromatic heterocycles. The number of aromatic nitrogens is 2. The van der Waals surface area contributed by atoms with Crippen LogP contribution in [0.3, 0.4) is 0 Å². The van der Waals surface area contributed by atoms with Crippen molar-refractivity contribution in [1.29, 1.82) is 0 Å². The Morgan fingerprint density at radius 3 is 2.46 bits per heavy atom. The van der Waals surface area contributed by atoms with Crippen LogP contribution in [0.4, 0.5) is 23.0 Å². The molecular formula is C30H39N7O2. The van der Waals surface area contributed by atoms with Crippen LogP contribution in [0.15, 0.2) is 60.9 Å². The Hall–Kier alpha value is -3.69.